The van der Waals surface area contributed by atoms with Gasteiger partial charge in [0, 0.05) is 12.5 Å². The molecule has 0 aliphatic heterocycles. The zero-order valence-electron chi connectivity index (χ0n) is 8.90. The molecule has 16 heavy (non-hydrogen) atoms. The van der Waals surface area contributed by atoms with Crippen molar-refractivity contribution in [2.75, 3.05) is 0 Å². The van der Waals surface area contributed by atoms with Crippen molar-refractivity contribution in [3.05, 3.63) is 41.6 Å². The first-order chi connectivity index (χ1) is 7.70. The van der Waals surface area contributed by atoms with Crippen LogP contribution in [-0.4, -0.2) is 21.1 Å². The molecule has 1 aromatic carbocycles. The van der Waals surface area contributed by atoms with Crippen molar-refractivity contribution in [3.63, 3.8) is 0 Å². The Labute approximate surface area is 92.9 Å². The number of nitrogens with zero attached hydrogens (tertiary/aromatic N) is 1. The van der Waals surface area contributed by atoms with E-state index in [9.17, 15) is 4.79 Å². The second kappa shape index (κ2) is 4.28. The molecule has 0 fully saturated rings. The van der Waals surface area contributed by atoms with Gasteiger partial charge in [-0.2, -0.15) is 5.10 Å². The molecule has 2 aromatic rings. The van der Waals surface area contributed by atoms with Crippen molar-refractivity contribution in [1.82, 2.24) is 10.2 Å². The second-order valence-corrected chi connectivity index (χ2v) is 3.58. The van der Waals surface area contributed by atoms with Crippen molar-refractivity contribution in [2.24, 2.45) is 0 Å². The Morgan fingerprint density at radius 3 is 2.56 bits per heavy atom. The summed E-state index contributed by atoms with van der Waals surface area (Å²) in [6.07, 6.45) is 0. The van der Waals surface area contributed by atoms with Gasteiger partial charge in [0.2, 0.25) is 0 Å². The van der Waals surface area contributed by atoms with E-state index >= 15 is 0 Å². The molecular formula is C12H12N2O2. The predicted octanol–water partition coefficient (Wildman–Crippen LogP) is 1.77. The molecule has 0 spiro atoms. The molecular weight excluding hydrogens is 204 g/mol. The number of aliphatic hydroxyl groups is 1. The van der Waals surface area contributed by atoms with Gasteiger partial charge < -0.3 is 5.11 Å². The van der Waals surface area contributed by atoms with Gasteiger partial charge in [0.15, 0.2) is 5.78 Å². The Morgan fingerprint density at radius 1 is 1.38 bits per heavy atom. The SMILES string of the molecule is CC(=O)c1cc(-c2ccc(CO)cc2)n[nH]1. The standard InChI is InChI=1S/C12H12N2O2/c1-8(16)11-6-12(14-13-11)10-4-2-9(7-15)3-5-10/h2-6,15H,7H2,1H3,(H,13,14). The van der Waals surface area contributed by atoms with Gasteiger partial charge >= 0.3 is 0 Å². The number of nitrogens with one attached hydrogen (secondary N) is 1. The van der Waals surface area contributed by atoms with Crippen LogP contribution in [0.1, 0.15) is 23.0 Å². The van der Waals surface area contributed by atoms with E-state index in [0.29, 0.717) is 5.69 Å². The predicted molar refractivity (Wildman–Crippen MR) is 60.0 cm³/mol. The highest BCUT2D eigenvalue weighted by molar-refractivity contribution is 5.93. The maximum atomic E-state index is 11.1. The minimum absolute atomic E-state index is 0.0273. The van der Waals surface area contributed by atoms with E-state index in [0.717, 1.165) is 16.8 Å². The molecule has 0 saturated carbocycles. The average molecular weight is 216 g/mol. The zero-order chi connectivity index (χ0) is 11.5. The van der Waals surface area contributed by atoms with Crippen molar-refractivity contribution >= 4 is 5.78 Å². The summed E-state index contributed by atoms with van der Waals surface area (Å²) in [5.41, 5.74) is 3.00. The van der Waals surface area contributed by atoms with Gasteiger partial charge in [0.05, 0.1) is 12.3 Å². The highest BCUT2D eigenvalue weighted by atomic mass is 16.3. The highest BCUT2D eigenvalue weighted by Gasteiger charge is 2.06. The zero-order valence-corrected chi connectivity index (χ0v) is 8.90. The number of benzene rings is 1. The number of rotatable bonds is 3. The Bertz CT molecular complexity index is 500. The fraction of sp³-hybridized carbons (Fsp3) is 0.167. The van der Waals surface area contributed by atoms with Gasteiger partial charge in [-0.05, 0) is 11.6 Å². The van der Waals surface area contributed by atoms with Crippen molar-refractivity contribution in [1.29, 1.82) is 0 Å². The van der Waals surface area contributed by atoms with E-state index in [4.69, 9.17) is 5.11 Å². The smallest absolute Gasteiger partial charge is 0.177 e. The molecule has 4 heteroatoms. The molecule has 0 bridgehead atoms. The fourth-order valence-electron chi connectivity index (χ4n) is 1.43. The van der Waals surface area contributed by atoms with Gasteiger partial charge in [-0.25, -0.2) is 0 Å². The maximum absolute atomic E-state index is 11.1. The number of hydrogen-bond acceptors (Lipinski definition) is 3. The van der Waals surface area contributed by atoms with E-state index in [1.807, 2.05) is 24.3 Å². The maximum Gasteiger partial charge on any atom is 0.177 e. The van der Waals surface area contributed by atoms with Crippen LogP contribution in [0, 0.1) is 0 Å². The number of aromatic amines is 1. The van der Waals surface area contributed by atoms with E-state index in [2.05, 4.69) is 10.2 Å². The van der Waals surface area contributed by atoms with Crippen LogP contribution in [0.4, 0.5) is 0 Å². The molecule has 1 aromatic heterocycles. The molecule has 2 N–H and O–H groups in total. The summed E-state index contributed by atoms with van der Waals surface area (Å²) in [5.74, 6) is -0.0364. The average Bonchev–Trinajstić information content (AvgIpc) is 2.78. The Hall–Kier alpha value is -1.94. The molecule has 0 aliphatic carbocycles. The normalized spacial score (nSPS) is 10.4. The summed E-state index contributed by atoms with van der Waals surface area (Å²) in [6.45, 7) is 1.52. The van der Waals surface area contributed by atoms with E-state index in [1.54, 1.807) is 6.07 Å². The molecule has 0 saturated heterocycles. The fourth-order valence-corrected chi connectivity index (χ4v) is 1.43. The molecule has 0 radical (unpaired) electrons. The van der Waals surface area contributed by atoms with Crippen LogP contribution in [0.15, 0.2) is 30.3 Å². The van der Waals surface area contributed by atoms with Crippen molar-refractivity contribution in [2.45, 2.75) is 13.5 Å². The Balaban J connectivity index is 2.31. The third kappa shape index (κ3) is 2.01. The van der Waals surface area contributed by atoms with Crippen LogP contribution >= 0.6 is 0 Å². The molecule has 0 unspecified atom stereocenters. The topological polar surface area (TPSA) is 66.0 Å². The number of hydrogen-bond donors (Lipinski definition) is 2. The summed E-state index contributed by atoms with van der Waals surface area (Å²) in [5, 5.41) is 15.6. The van der Waals surface area contributed by atoms with E-state index < -0.39 is 0 Å². The van der Waals surface area contributed by atoms with Gasteiger partial charge in [0.1, 0.15) is 5.69 Å². The Kier molecular flexibility index (Phi) is 2.83. The third-order valence-corrected chi connectivity index (χ3v) is 2.39. The first-order valence-electron chi connectivity index (χ1n) is 4.97. The third-order valence-electron chi connectivity index (χ3n) is 2.39. The summed E-state index contributed by atoms with van der Waals surface area (Å²) in [6, 6.07) is 9.11. The van der Waals surface area contributed by atoms with Crippen LogP contribution in [-0.2, 0) is 6.61 Å². The van der Waals surface area contributed by atoms with Crippen molar-refractivity contribution in [3.8, 4) is 11.3 Å². The lowest BCUT2D eigenvalue weighted by atomic mass is 10.1. The molecule has 1 heterocycles. The van der Waals surface area contributed by atoms with Crippen LogP contribution in [0.3, 0.4) is 0 Å². The van der Waals surface area contributed by atoms with Gasteiger partial charge in [-0.3, -0.25) is 9.89 Å². The lowest BCUT2D eigenvalue weighted by Gasteiger charge is -1.98. The number of aromatic nitrogens is 2. The Morgan fingerprint density at radius 2 is 2.06 bits per heavy atom. The molecule has 0 amide bonds. The molecule has 82 valence electrons. The summed E-state index contributed by atoms with van der Waals surface area (Å²) >= 11 is 0. The van der Waals surface area contributed by atoms with Crippen LogP contribution in [0.25, 0.3) is 11.3 Å². The quantitative estimate of drug-likeness (QED) is 0.768. The first kappa shape index (κ1) is 10.6. The lowest BCUT2D eigenvalue weighted by molar-refractivity contribution is 0.101. The number of ketones is 1. The minimum atomic E-state index is -0.0364. The van der Waals surface area contributed by atoms with Gasteiger partial charge in [0.25, 0.3) is 0 Å². The first-order valence-corrected chi connectivity index (χ1v) is 4.97. The summed E-state index contributed by atoms with van der Waals surface area (Å²) in [7, 11) is 0. The largest absolute Gasteiger partial charge is 0.392 e. The van der Waals surface area contributed by atoms with Crippen LogP contribution in [0.2, 0.25) is 0 Å². The minimum Gasteiger partial charge on any atom is -0.392 e. The number of carbonyl (C=O) groups is 1. The van der Waals surface area contributed by atoms with Gasteiger partial charge in [-0.1, -0.05) is 24.3 Å². The number of H-pyrrole nitrogens is 1. The molecule has 4 nitrogen and oxygen atoms in total. The number of Topliss-reactive ketones (excluding diaryl/α,β-unsaturated/α-hetero) is 1. The van der Waals surface area contributed by atoms with Crippen LogP contribution in [0.5, 0.6) is 0 Å². The van der Waals surface area contributed by atoms with Crippen molar-refractivity contribution < 1.29 is 9.90 Å². The second-order valence-electron chi connectivity index (χ2n) is 3.58. The molecule has 0 atom stereocenters. The number of aliphatic hydroxyl groups excluding tert-OH is 1. The molecule has 2 rings (SSSR count). The van der Waals surface area contributed by atoms with E-state index in [-0.39, 0.29) is 12.4 Å². The molecule has 0 aliphatic rings. The number of carbonyl (C=O) groups excluding carboxylic acids is 1. The lowest BCUT2D eigenvalue weighted by Crippen LogP contribution is -1.90. The monoisotopic (exact) mass is 216 g/mol. The van der Waals surface area contributed by atoms with Crippen LogP contribution < -0.4 is 0 Å². The van der Waals surface area contributed by atoms with Gasteiger partial charge in [-0.15, -0.1) is 0 Å². The van der Waals surface area contributed by atoms with E-state index in [1.165, 1.54) is 6.92 Å². The summed E-state index contributed by atoms with van der Waals surface area (Å²) in [4.78, 5) is 11.1. The highest BCUT2D eigenvalue weighted by Crippen LogP contribution is 2.18. The summed E-state index contributed by atoms with van der Waals surface area (Å²) < 4.78 is 0.